The first-order chi connectivity index (χ1) is 7.08. The lowest BCUT2D eigenvalue weighted by atomic mass is 10.3. The molecule has 0 bridgehead atoms. The number of rotatable bonds is 1. The van der Waals surface area contributed by atoms with Crippen LogP contribution in [0.2, 0.25) is 0 Å². The molecule has 0 aliphatic carbocycles. The van der Waals surface area contributed by atoms with Crippen LogP contribution in [0.3, 0.4) is 0 Å². The maximum Gasteiger partial charge on any atom is 0.229 e. The molecule has 1 aromatic rings. The summed E-state index contributed by atoms with van der Waals surface area (Å²) in [6, 6.07) is 1.88. The number of aryl methyl sites for hydroxylation is 1. The van der Waals surface area contributed by atoms with E-state index in [1.165, 1.54) is 0 Å². The molecule has 1 N–H and O–H groups in total. The monoisotopic (exact) mass is 270 g/mol. The van der Waals surface area contributed by atoms with Gasteiger partial charge in [0.05, 0.1) is 24.8 Å². The smallest absolute Gasteiger partial charge is 0.229 e. The van der Waals surface area contributed by atoms with Crippen molar-refractivity contribution >= 4 is 27.5 Å². The number of hydrogen-bond donors (Lipinski definition) is 1. The molecule has 2 rings (SSSR count). The number of pyridine rings is 1. The molecule has 1 aliphatic rings. The number of carbonyl (C=O) groups is 1. The number of β-amino-alcohol motifs (C(OH)–C–C–N with tert-alkyl or cyclic N) is 1. The molecule has 1 aliphatic heterocycles. The number of hydrogen-bond acceptors (Lipinski definition) is 3. The Labute approximate surface area is 96.1 Å². The summed E-state index contributed by atoms with van der Waals surface area (Å²) >= 11 is 3.30. The number of halogens is 1. The van der Waals surface area contributed by atoms with E-state index in [1.54, 1.807) is 11.1 Å². The molecular weight excluding hydrogens is 260 g/mol. The van der Waals surface area contributed by atoms with Crippen molar-refractivity contribution in [1.29, 1.82) is 0 Å². The Kier molecular flexibility index (Phi) is 2.75. The van der Waals surface area contributed by atoms with Gasteiger partial charge in [0, 0.05) is 6.20 Å². The standard InChI is InChI=1S/C10H11BrN2O2/c1-6-2-8(10(11)12-4-6)13-5-7(14)3-9(13)15/h2,4,7,14H,3,5H2,1H3. The van der Waals surface area contributed by atoms with Gasteiger partial charge in [-0.2, -0.15) is 0 Å². The van der Waals surface area contributed by atoms with E-state index in [4.69, 9.17) is 0 Å². The van der Waals surface area contributed by atoms with Crippen molar-refractivity contribution in [3.05, 3.63) is 22.4 Å². The van der Waals surface area contributed by atoms with Crippen LogP contribution in [0.5, 0.6) is 0 Å². The number of anilines is 1. The SMILES string of the molecule is Cc1cnc(Br)c(N2CC(O)CC2=O)c1. The van der Waals surface area contributed by atoms with Gasteiger partial charge in [-0.15, -0.1) is 0 Å². The summed E-state index contributed by atoms with van der Waals surface area (Å²) in [7, 11) is 0. The number of nitrogens with zero attached hydrogens (tertiary/aromatic N) is 2. The van der Waals surface area contributed by atoms with Crippen molar-refractivity contribution in [2.75, 3.05) is 11.4 Å². The second-order valence-electron chi connectivity index (χ2n) is 3.68. The second-order valence-corrected chi connectivity index (χ2v) is 4.44. The highest BCUT2D eigenvalue weighted by Gasteiger charge is 2.30. The number of aliphatic hydroxyl groups excluding tert-OH is 1. The van der Waals surface area contributed by atoms with E-state index >= 15 is 0 Å². The van der Waals surface area contributed by atoms with Crippen molar-refractivity contribution in [2.45, 2.75) is 19.4 Å². The van der Waals surface area contributed by atoms with Crippen LogP contribution in [0, 0.1) is 6.92 Å². The van der Waals surface area contributed by atoms with Crippen LogP contribution in [0.15, 0.2) is 16.9 Å². The first-order valence-corrected chi connectivity index (χ1v) is 5.48. The van der Waals surface area contributed by atoms with Crippen molar-refractivity contribution < 1.29 is 9.90 Å². The first kappa shape index (κ1) is 10.6. The molecule has 5 heteroatoms. The molecule has 0 spiro atoms. The molecule has 0 saturated carbocycles. The molecule has 15 heavy (non-hydrogen) atoms. The minimum Gasteiger partial charge on any atom is -0.391 e. The van der Waals surface area contributed by atoms with Crippen LogP contribution in [-0.4, -0.2) is 28.6 Å². The summed E-state index contributed by atoms with van der Waals surface area (Å²) in [6.45, 7) is 2.27. The average molecular weight is 271 g/mol. The molecule has 1 aromatic heterocycles. The summed E-state index contributed by atoms with van der Waals surface area (Å²) < 4.78 is 0.635. The van der Waals surface area contributed by atoms with E-state index in [0.29, 0.717) is 11.1 Å². The fourth-order valence-electron chi connectivity index (χ4n) is 1.65. The van der Waals surface area contributed by atoms with Gasteiger partial charge < -0.3 is 10.0 Å². The molecule has 1 atom stereocenters. The van der Waals surface area contributed by atoms with Crippen LogP contribution in [0.25, 0.3) is 0 Å². The lowest BCUT2D eigenvalue weighted by molar-refractivity contribution is -0.117. The van der Waals surface area contributed by atoms with Crippen molar-refractivity contribution in [3.8, 4) is 0 Å². The highest BCUT2D eigenvalue weighted by atomic mass is 79.9. The third-order valence-corrected chi connectivity index (χ3v) is 2.96. The molecule has 4 nitrogen and oxygen atoms in total. The average Bonchev–Trinajstić information content (AvgIpc) is 2.50. The molecular formula is C10H11BrN2O2. The summed E-state index contributed by atoms with van der Waals surface area (Å²) in [6.07, 6.45) is 1.36. The molecule has 80 valence electrons. The maximum absolute atomic E-state index is 11.6. The predicted molar refractivity (Wildman–Crippen MR) is 59.7 cm³/mol. The second kappa shape index (κ2) is 3.90. The van der Waals surface area contributed by atoms with Crippen molar-refractivity contribution in [3.63, 3.8) is 0 Å². The van der Waals surface area contributed by atoms with Crippen LogP contribution >= 0.6 is 15.9 Å². The van der Waals surface area contributed by atoms with Gasteiger partial charge in [0.25, 0.3) is 0 Å². The number of amides is 1. The van der Waals surface area contributed by atoms with E-state index in [9.17, 15) is 9.90 Å². The summed E-state index contributed by atoms with van der Waals surface area (Å²) in [4.78, 5) is 17.3. The summed E-state index contributed by atoms with van der Waals surface area (Å²) in [5.41, 5.74) is 1.72. The molecule has 1 unspecified atom stereocenters. The molecule has 1 amide bonds. The molecule has 1 saturated heterocycles. The van der Waals surface area contributed by atoms with Crippen LogP contribution < -0.4 is 4.90 Å². The number of aliphatic hydroxyl groups is 1. The molecule has 2 heterocycles. The van der Waals surface area contributed by atoms with Gasteiger partial charge in [0.2, 0.25) is 5.91 Å². The number of carbonyl (C=O) groups excluding carboxylic acids is 1. The third-order valence-electron chi connectivity index (χ3n) is 2.35. The largest absolute Gasteiger partial charge is 0.391 e. The Balaban J connectivity index is 2.37. The topological polar surface area (TPSA) is 53.4 Å². The fourth-order valence-corrected chi connectivity index (χ4v) is 2.08. The van der Waals surface area contributed by atoms with E-state index in [-0.39, 0.29) is 12.3 Å². The van der Waals surface area contributed by atoms with Gasteiger partial charge >= 0.3 is 0 Å². The van der Waals surface area contributed by atoms with Crippen LogP contribution in [0.4, 0.5) is 5.69 Å². The summed E-state index contributed by atoms with van der Waals surface area (Å²) in [5.74, 6) is -0.0596. The minimum absolute atomic E-state index is 0.0596. The fraction of sp³-hybridized carbons (Fsp3) is 0.400. The zero-order valence-electron chi connectivity index (χ0n) is 8.27. The van der Waals surface area contributed by atoms with Crippen molar-refractivity contribution in [2.24, 2.45) is 0 Å². The highest BCUT2D eigenvalue weighted by Crippen LogP contribution is 2.28. The van der Waals surface area contributed by atoms with Gasteiger partial charge in [-0.25, -0.2) is 4.98 Å². The third kappa shape index (κ3) is 2.03. The number of aromatic nitrogens is 1. The lowest BCUT2D eigenvalue weighted by Gasteiger charge is -2.17. The van der Waals surface area contributed by atoms with Crippen molar-refractivity contribution in [1.82, 2.24) is 4.98 Å². The minimum atomic E-state index is -0.565. The van der Waals surface area contributed by atoms with Gasteiger partial charge in [0.1, 0.15) is 4.60 Å². The highest BCUT2D eigenvalue weighted by molar-refractivity contribution is 9.10. The van der Waals surface area contributed by atoms with Gasteiger partial charge in [0.15, 0.2) is 0 Å². The van der Waals surface area contributed by atoms with Crippen LogP contribution in [0.1, 0.15) is 12.0 Å². The Hall–Kier alpha value is -0.940. The quantitative estimate of drug-likeness (QED) is 0.782. The van der Waals surface area contributed by atoms with E-state index < -0.39 is 6.10 Å². The summed E-state index contributed by atoms with van der Waals surface area (Å²) in [5, 5.41) is 9.39. The zero-order chi connectivity index (χ0) is 11.0. The van der Waals surface area contributed by atoms with Gasteiger partial charge in [-0.1, -0.05) is 0 Å². The lowest BCUT2D eigenvalue weighted by Crippen LogP contribution is -2.25. The van der Waals surface area contributed by atoms with E-state index in [2.05, 4.69) is 20.9 Å². The molecule has 1 fully saturated rings. The van der Waals surface area contributed by atoms with E-state index in [1.807, 2.05) is 13.0 Å². The maximum atomic E-state index is 11.6. The molecule has 0 aromatic carbocycles. The Bertz CT molecular complexity index is 408. The zero-order valence-corrected chi connectivity index (χ0v) is 9.86. The van der Waals surface area contributed by atoms with Gasteiger partial charge in [-0.3, -0.25) is 4.79 Å². The Morgan fingerprint density at radius 3 is 3.00 bits per heavy atom. The Morgan fingerprint density at radius 2 is 2.40 bits per heavy atom. The molecule has 0 radical (unpaired) electrons. The van der Waals surface area contributed by atoms with Crippen LogP contribution in [-0.2, 0) is 4.79 Å². The van der Waals surface area contributed by atoms with E-state index in [0.717, 1.165) is 11.3 Å². The predicted octanol–water partition coefficient (Wildman–Crippen LogP) is 1.25. The van der Waals surface area contributed by atoms with Gasteiger partial charge in [-0.05, 0) is 34.5 Å². The first-order valence-electron chi connectivity index (χ1n) is 4.68. The normalized spacial score (nSPS) is 21.1. The Morgan fingerprint density at radius 1 is 1.67 bits per heavy atom.